The Morgan fingerprint density at radius 3 is 2.00 bits per heavy atom. The van der Waals surface area contributed by atoms with Crippen LogP contribution in [0.2, 0.25) is 20.0 Å². The lowest BCUT2D eigenvalue weighted by atomic mass is 9.51. The molecule has 1 heteroatoms. The molecule has 0 bridgehead atoms. The predicted molar refractivity (Wildman–Crippen MR) is 83.2 cm³/mol. The minimum absolute atomic E-state index is 0.889. The van der Waals surface area contributed by atoms with Gasteiger partial charge in [0.2, 0.25) is 0 Å². The summed E-state index contributed by atoms with van der Waals surface area (Å²) in [5.41, 5.74) is 0. The van der Waals surface area contributed by atoms with Crippen LogP contribution in [0.5, 0.6) is 0 Å². The molecule has 0 heterocycles. The van der Waals surface area contributed by atoms with E-state index >= 15 is 0 Å². The van der Waals surface area contributed by atoms with Gasteiger partial charge in [0.1, 0.15) is 6.71 Å². The molecule has 0 aromatic heterocycles. The highest BCUT2D eigenvalue weighted by atomic mass is 14.1. The van der Waals surface area contributed by atoms with E-state index in [0.717, 1.165) is 18.5 Å². The van der Waals surface area contributed by atoms with Gasteiger partial charge < -0.3 is 0 Å². The summed E-state index contributed by atoms with van der Waals surface area (Å²) in [6, 6.07) is 0. The zero-order valence-electron chi connectivity index (χ0n) is 13.1. The molecule has 0 rings (SSSR count). The first-order chi connectivity index (χ1) is 8.10. The molecule has 0 aliphatic carbocycles. The summed E-state index contributed by atoms with van der Waals surface area (Å²) in [6.07, 6.45) is 12.9. The first-order valence-electron chi connectivity index (χ1n) is 8.10. The molecule has 0 aliphatic rings. The van der Waals surface area contributed by atoms with Crippen molar-refractivity contribution in [3.8, 4) is 0 Å². The van der Waals surface area contributed by atoms with Crippen LogP contribution in [0.25, 0.3) is 0 Å². The van der Waals surface area contributed by atoms with Crippen LogP contribution in [0.3, 0.4) is 0 Å². The van der Waals surface area contributed by atoms with Crippen LogP contribution >= 0.6 is 0 Å². The van der Waals surface area contributed by atoms with Crippen LogP contribution < -0.4 is 0 Å². The molecule has 0 saturated carbocycles. The third kappa shape index (κ3) is 10.9. The van der Waals surface area contributed by atoms with Crippen molar-refractivity contribution in [2.24, 2.45) is 11.8 Å². The number of hydrogen-bond donors (Lipinski definition) is 0. The summed E-state index contributed by atoms with van der Waals surface area (Å²) < 4.78 is 0. The summed E-state index contributed by atoms with van der Waals surface area (Å²) in [4.78, 5) is 0. The maximum absolute atomic E-state index is 2.39. The quantitative estimate of drug-likeness (QED) is 0.299. The van der Waals surface area contributed by atoms with Crippen molar-refractivity contribution >= 4 is 6.71 Å². The molecular weight excluding hydrogens is 203 g/mol. The second-order valence-electron chi connectivity index (χ2n) is 6.40. The van der Waals surface area contributed by atoms with Crippen LogP contribution in [0, 0.1) is 11.8 Å². The number of unbranched alkanes of at least 4 members (excludes halogenated alkanes) is 1. The second-order valence-corrected chi connectivity index (χ2v) is 6.40. The summed E-state index contributed by atoms with van der Waals surface area (Å²) in [6.45, 7) is 12.6. The lowest BCUT2D eigenvalue weighted by Gasteiger charge is -2.16. The Morgan fingerprint density at radius 2 is 1.47 bits per heavy atom. The smallest absolute Gasteiger partial charge is 0.0863 e. The molecule has 0 nitrogen and oxygen atoms in total. The van der Waals surface area contributed by atoms with Gasteiger partial charge in [-0.1, -0.05) is 92.1 Å². The Kier molecular flexibility index (Phi) is 11.2. The van der Waals surface area contributed by atoms with E-state index in [2.05, 4.69) is 34.4 Å². The second kappa shape index (κ2) is 11.2. The Bertz CT molecular complexity index is 154. The first kappa shape index (κ1) is 17.1. The molecule has 17 heavy (non-hydrogen) atoms. The summed E-state index contributed by atoms with van der Waals surface area (Å²) in [5, 5.41) is 0. The Balaban J connectivity index is 3.49. The van der Waals surface area contributed by atoms with Crippen molar-refractivity contribution in [2.45, 2.75) is 92.1 Å². The fourth-order valence-electron chi connectivity index (χ4n) is 2.50. The minimum Gasteiger partial charge on any atom is -0.0863 e. The van der Waals surface area contributed by atoms with Gasteiger partial charge in [-0.3, -0.25) is 0 Å². The van der Waals surface area contributed by atoms with Gasteiger partial charge in [0.25, 0.3) is 0 Å². The highest BCUT2D eigenvalue weighted by Gasteiger charge is 2.08. The van der Waals surface area contributed by atoms with Crippen molar-refractivity contribution < 1.29 is 0 Å². The lowest BCUT2D eigenvalue weighted by Crippen LogP contribution is -2.03. The van der Waals surface area contributed by atoms with E-state index < -0.39 is 0 Å². The summed E-state index contributed by atoms with van der Waals surface area (Å²) in [5.74, 6) is 1.94. The molecule has 102 valence electrons. The molecule has 2 atom stereocenters. The van der Waals surface area contributed by atoms with Gasteiger partial charge >= 0.3 is 0 Å². The highest BCUT2D eigenvalue weighted by molar-refractivity contribution is 6.55. The molecule has 0 aromatic carbocycles. The van der Waals surface area contributed by atoms with Gasteiger partial charge in [-0.25, -0.2) is 0 Å². The minimum atomic E-state index is 0.889. The molecule has 0 radical (unpaired) electrons. The first-order valence-corrected chi connectivity index (χ1v) is 8.10. The zero-order chi connectivity index (χ0) is 13.1. The van der Waals surface area contributed by atoms with E-state index in [4.69, 9.17) is 0 Å². The summed E-state index contributed by atoms with van der Waals surface area (Å²) in [7, 11) is 0. The molecule has 0 spiro atoms. The zero-order valence-corrected chi connectivity index (χ0v) is 13.1. The SMILES string of the molecule is CCC(C)CCCC(CC)CCCCB(C)C. The molecule has 0 saturated heterocycles. The van der Waals surface area contributed by atoms with E-state index in [0.29, 0.717) is 0 Å². The number of hydrogen-bond acceptors (Lipinski definition) is 0. The standard InChI is InChI=1S/C16H35B/c1-6-15(3)11-10-13-16(7-2)12-8-9-14-17(4)5/h15-16H,6-14H2,1-5H3. The number of rotatable bonds is 11. The molecule has 0 N–H and O–H groups in total. The Labute approximate surface area is 111 Å². The maximum atomic E-state index is 2.39. The van der Waals surface area contributed by atoms with Gasteiger partial charge in [-0.2, -0.15) is 0 Å². The lowest BCUT2D eigenvalue weighted by molar-refractivity contribution is 0.380. The van der Waals surface area contributed by atoms with Gasteiger partial charge in [-0.05, 0) is 11.8 Å². The van der Waals surface area contributed by atoms with Crippen LogP contribution in [-0.2, 0) is 0 Å². The Morgan fingerprint density at radius 1 is 0.824 bits per heavy atom. The fourth-order valence-corrected chi connectivity index (χ4v) is 2.50. The average molecular weight is 238 g/mol. The predicted octanol–water partition coefficient (Wildman–Crippen LogP) is 6.15. The van der Waals surface area contributed by atoms with E-state index in [9.17, 15) is 0 Å². The van der Waals surface area contributed by atoms with Crippen molar-refractivity contribution in [2.75, 3.05) is 0 Å². The monoisotopic (exact) mass is 238 g/mol. The normalized spacial score (nSPS) is 14.6. The van der Waals surface area contributed by atoms with E-state index in [1.165, 1.54) is 57.7 Å². The van der Waals surface area contributed by atoms with Crippen LogP contribution in [0.15, 0.2) is 0 Å². The molecule has 0 amide bonds. The third-order valence-electron chi connectivity index (χ3n) is 4.23. The molecular formula is C16H35B. The Hall–Kier alpha value is 0.0649. The highest BCUT2D eigenvalue weighted by Crippen LogP contribution is 2.22. The molecule has 2 unspecified atom stereocenters. The largest absolute Gasteiger partial charge is 0.133 e. The van der Waals surface area contributed by atoms with Crippen LogP contribution in [-0.4, -0.2) is 6.71 Å². The van der Waals surface area contributed by atoms with Gasteiger partial charge in [-0.15, -0.1) is 0 Å². The van der Waals surface area contributed by atoms with Crippen molar-refractivity contribution in [1.29, 1.82) is 0 Å². The average Bonchev–Trinajstić information content (AvgIpc) is 2.31. The molecule has 0 aliphatic heterocycles. The maximum Gasteiger partial charge on any atom is 0.133 e. The van der Waals surface area contributed by atoms with E-state index in [1.54, 1.807) is 0 Å². The third-order valence-corrected chi connectivity index (χ3v) is 4.23. The van der Waals surface area contributed by atoms with E-state index in [-0.39, 0.29) is 0 Å². The van der Waals surface area contributed by atoms with Gasteiger partial charge in [0.15, 0.2) is 0 Å². The van der Waals surface area contributed by atoms with Crippen molar-refractivity contribution in [1.82, 2.24) is 0 Å². The van der Waals surface area contributed by atoms with Crippen molar-refractivity contribution in [3.05, 3.63) is 0 Å². The molecule has 0 aromatic rings. The molecule has 0 fully saturated rings. The van der Waals surface area contributed by atoms with Crippen LogP contribution in [0.4, 0.5) is 0 Å². The van der Waals surface area contributed by atoms with Gasteiger partial charge in [0.05, 0.1) is 0 Å². The topological polar surface area (TPSA) is 0 Å². The van der Waals surface area contributed by atoms with Gasteiger partial charge in [0, 0.05) is 0 Å². The van der Waals surface area contributed by atoms with Crippen LogP contribution in [0.1, 0.15) is 72.1 Å². The summed E-state index contributed by atoms with van der Waals surface area (Å²) >= 11 is 0. The van der Waals surface area contributed by atoms with E-state index in [1.807, 2.05) is 0 Å². The van der Waals surface area contributed by atoms with Crippen molar-refractivity contribution in [3.63, 3.8) is 0 Å². The fraction of sp³-hybridized carbons (Fsp3) is 1.00.